The predicted octanol–water partition coefficient (Wildman–Crippen LogP) is 1.16. The summed E-state index contributed by atoms with van der Waals surface area (Å²) < 4.78 is 0. The van der Waals surface area contributed by atoms with Crippen molar-refractivity contribution < 1.29 is 24.9 Å². The van der Waals surface area contributed by atoms with Crippen LogP contribution in [-0.2, 0) is 0 Å². The maximum atomic E-state index is 12.3. The Morgan fingerprint density at radius 2 is 1.30 bits per heavy atom. The third-order valence-electron chi connectivity index (χ3n) is 3.19. The van der Waals surface area contributed by atoms with Crippen LogP contribution < -0.4 is 5.73 Å². The van der Waals surface area contributed by atoms with Gasteiger partial charge in [0.05, 0.1) is 11.1 Å². The molecular formula is C14H9NO5. The Kier molecular flexibility index (Phi) is 2.25. The van der Waals surface area contributed by atoms with Crippen LogP contribution in [-0.4, -0.2) is 26.9 Å². The number of nitrogens with two attached hydrogens (primary N) is 1. The zero-order valence-corrected chi connectivity index (χ0v) is 10.0. The maximum Gasteiger partial charge on any atom is 0.201 e. The number of aromatic hydroxyl groups is 3. The van der Waals surface area contributed by atoms with E-state index in [0.717, 1.165) is 18.2 Å². The van der Waals surface area contributed by atoms with E-state index in [4.69, 9.17) is 5.73 Å². The monoisotopic (exact) mass is 271 g/mol. The number of anilines is 1. The van der Waals surface area contributed by atoms with Crippen molar-refractivity contribution in [1.82, 2.24) is 0 Å². The average molecular weight is 271 g/mol. The topological polar surface area (TPSA) is 121 Å². The lowest BCUT2D eigenvalue weighted by Crippen LogP contribution is -2.21. The van der Waals surface area contributed by atoms with Crippen LogP contribution in [0.25, 0.3) is 0 Å². The molecule has 0 aromatic heterocycles. The fourth-order valence-corrected chi connectivity index (χ4v) is 2.37. The number of ketones is 2. The first-order valence-corrected chi connectivity index (χ1v) is 5.68. The second-order valence-electron chi connectivity index (χ2n) is 4.51. The van der Waals surface area contributed by atoms with Gasteiger partial charge in [-0.2, -0.15) is 0 Å². The van der Waals surface area contributed by atoms with E-state index < -0.39 is 23.1 Å². The summed E-state index contributed by atoms with van der Waals surface area (Å²) in [5, 5.41) is 29.0. The molecule has 6 nitrogen and oxygen atoms in total. The molecule has 0 fully saturated rings. The fraction of sp³-hybridized carbons (Fsp3) is 0. The first-order valence-electron chi connectivity index (χ1n) is 5.68. The summed E-state index contributed by atoms with van der Waals surface area (Å²) in [5.41, 5.74) is 5.08. The van der Waals surface area contributed by atoms with Gasteiger partial charge in [-0.05, 0) is 12.1 Å². The highest BCUT2D eigenvalue weighted by atomic mass is 16.3. The normalized spacial score (nSPS) is 13.0. The number of nitrogen functional groups attached to an aromatic ring is 1. The van der Waals surface area contributed by atoms with E-state index in [1.807, 2.05) is 0 Å². The molecule has 1 aliphatic carbocycles. The van der Waals surface area contributed by atoms with E-state index >= 15 is 0 Å². The number of hydrogen-bond donors (Lipinski definition) is 4. The van der Waals surface area contributed by atoms with Gasteiger partial charge in [0.25, 0.3) is 0 Å². The Morgan fingerprint density at radius 1 is 0.750 bits per heavy atom. The molecule has 100 valence electrons. The largest absolute Gasteiger partial charge is 0.508 e. The molecule has 0 aliphatic heterocycles. The lowest BCUT2D eigenvalue weighted by atomic mass is 9.82. The van der Waals surface area contributed by atoms with Crippen LogP contribution in [0.1, 0.15) is 31.8 Å². The van der Waals surface area contributed by atoms with Crippen molar-refractivity contribution in [2.45, 2.75) is 0 Å². The quantitative estimate of drug-likeness (QED) is 0.455. The van der Waals surface area contributed by atoms with Gasteiger partial charge >= 0.3 is 0 Å². The van der Waals surface area contributed by atoms with Gasteiger partial charge < -0.3 is 21.1 Å². The van der Waals surface area contributed by atoms with Crippen molar-refractivity contribution in [2.75, 3.05) is 5.73 Å². The maximum absolute atomic E-state index is 12.3. The number of benzene rings is 2. The van der Waals surface area contributed by atoms with Crippen molar-refractivity contribution >= 4 is 17.3 Å². The molecule has 3 rings (SSSR count). The highest BCUT2D eigenvalue weighted by Gasteiger charge is 2.34. The standard InChI is InChI=1S/C14H9NO5/c15-5-1-7-11(9(17)2-5)14(20)12-8(13(7)19)3-6(16)4-10(12)18/h1-4,16-18H,15H2. The van der Waals surface area contributed by atoms with Crippen molar-refractivity contribution in [2.24, 2.45) is 0 Å². The number of carbonyl (C=O) groups is 2. The van der Waals surface area contributed by atoms with Gasteiger partial charge in [-0.3, -0.25) is 9.59 Å². The van der Waals surface area contributed by atoms with Gasteiger partial charge in [0, 0.05) is 28.9 Å². The molecule has 0 bridgehead atoms. The second kappa shape index (κ2) is 3.74. The van der Waals surface area contributed by atoms with Crippen LogP contribution in [0.3, 0.4) is 0 Å². The van der Waals surface area contributed by atoms with Gasteiger partial charge in [-0.1, -0.05) is 0 Å². The van der Waals surface area contributed by atoms with E-state index in [0.29, 0.717) is 0 Å². The van der Waals surface area contributed by atoms with E-state index in [-0.39, 0.29) is 33.7 Å². The van der Waals surface area contributed by atoms with Gasteiger partial charge in [0.2, 0.25) is 5.78 Å². The summed E-state index contributed by atoms with van der Waals surface area (Å²) in [4.78, 5) is 24.6. The van der Waals surface area contributed by atoms with Crippen molar-refractivity contribution in [1.29, 1.82) is 0 Å². The van der Waals surface area contributed by atoms with E-state index in [1.54, 1.807) is 0 Å². The number of carbonyl (C=O) groups excluding carboxylic acids is 2. The number of phenols is 3. The number of rotatable bonds is 0. The summed E-state index contributed by atoms with van der Waals surface area (Å²) in [7, 11) is 0. The van der Waals surface area contributed by atoms with Crippen LogP contribution in [0.4, 0.5) is 5.69 Å². The number of phenolic OH excluding ortho intramolecular Hbond substituents is 3. The van der Waals surface area contributed by atoms with Gasteiger partial charge in [0.15, 0.2) is 5.78 Å². The van der Waals surface area contributed by atoms with Crippen LogP contribution in [0.5, 0.6) is 17.2 Å². The predicted molar refractivity (Wildman–Crippen MR) is 69.2 cm³/mol. The van der Waals surface area contributed by atoms with Gasteiger partial charge in [-0.15, -0.1) is 0 Å². The van der Waals surface area contributed by atoms with Crippen LogP contribution in [0.2, 0.25) is 0 Å². The minimum absolute atomic E-state index is 0.0509. The zero-order chi connectivity index (χ0) is 14.6. The van der Waals surface area contributed by atoms with E-state index in [1.165, 1.54) is 6.07 Å². The van der Waals surface area contributed by atoms with Crippen molar-refractivity contribution in [3.05, 3.63) is 46.5 Å². The number of fused-ring (bicyclic) bond motifs is 2. The number of hydrogen-bond acceptors (Lipinski definition) is 6. The Morgan fingerprint density at radius 3 is 1.95 bits per heavy atom. The molecule has 20 heavy (non-hydrogen) atoms. The van der Waals surface area contributed by atoms with Crippen LogP contribution >= 0.6 is 0 Å². The van der Waals surface area contributed by atoms with Gasteiger partial charge in [0.1, 0.15) is 17.2 Å². The Balaban J connectivity index is 2.40. The molecule has 0 spiro atoms. The Labute approximate surface area is 112 Å². The summed E-state index contributed by atoms with van der Waals surface area (Å²) in [6.45, 7) is 0. The SMILES string of the molecule is Nc1cc(O)c2c(c1)C(=O)c1cc(O)cc(O)c1C2=O. The Bertz CT molecular complexity index is 731. The van der Waals surface area contributed by atoms with Crippen LogP contribution in [0, 0.1) is 0 Å². The molecular weight excluding hydrogens is 262 g/mol. The molecule has 0 radical (unpaired) electrons. The highest BCUT2D eigenvalue weighted by Crippen LogP contribution is 2.39. The van der Waals surface area contributed by atoms with E-state index in [9.17, 15) is 24.9 Å². The molecule has 0 saturated heterocycles. The minimum Gasteiger partial charge on any atom is -0.508 e. The molecule has 0 atom stereocenters. The molecule has 1 aliphatic rings. The van der Waals surface area contributed by atoms with Crippen molar-refractivity contribution in [3.63, 3.8) is 0 Å². The summed E-state index contributed by atoms with van der Waals surface area (Å²) in [6, 6.07) is 4.49. The highest BCUT2D eigenvalue weighted by molar-refractivity contribution is 6.30. The lowest BCUT2D eigenvalue weighted by molar-refractivity contribution is 0.0974. The summed E-state index contributed by atoms with van der Waals surface area (Å²) >= 11 is 0. The molecule has 0 unspecified atom stereocenters. The summed E-state index contributed by atoms with van der Waals surface area (Å²) in [5.74, 6) is -2.55. The van der Waals surface area contributed by atoms with Crippen LogP contribution in [0.15, 0.2) is 24.3 Å². The third-order valence-corrected chi connectivity index (χ3v) is 3.19. The molecule has 2 aromatic carbocycles. The van der Waals surface area contributed by atoms with Gasteiger partial charge in [-0.25, -0.2) is 0 Å². The smallest absolute Gasteiger partial charge is 0.201 e. The molecule has 0 heterocycles. The molecule has 2 aromatic rings. The lowest BCUT2D eigenvalue weighted by Gasteiger charge is -2.19. The Hall–Kier alpha value is -3.02. The minimum atomic E-state index is -0.690. The fourth-order valence-electron chi connectivity index (χ4n) is 2.37. The zero-order valence-electron chi connectivity index (χ0n) is 10.0. The van der Waals surface area contributed by atoms with E-state index in [2.05, 4.69) is 0 Å². The molecule has 0 amide bonds. The molecule has 6 heteroatoms. The summed E-state index contributed by atoms with van der Waals surface area (Å²) in [6.07, 6.45) is 0. The second-order valence-corrected chi connectivity index (χ2v) is 4.51. The third kappa shape index (κ3) is 1.45. The molecule has 5 N–H and O–H groups in total. The van der Waals surface area contributed by atoms with Crippen molar-refractivity contribution in [3.8, 4) is 17.2 Å². The average Bonchev–Trinajstić information content (AvgIpc) is 2.34. The molecule has 0 saturated carbocycles. The first-order chi connectivity index (χ1) is 9.40. The first kappa shape index (κ1) is 12.0.